The van der Waals surface area contributed by atoms with Gasteiger partial charge in [0, 0.05) is 0 Å². The van der Waals surface area contributed by atoms with E-state index in [1.165, 1.54) is 12.8 Å². The molecular weight excluding hydrogens is 352 g/mol. The van der Waals surface area contributed by atoms with Gasteiger partial charge in [0.2, 0.25) is 0 Å². The molecule has 28 heavy (non-hydrogen) atoms. The summed E-state index contributed by atoms with van der Waals surface area (Å²) in [6, 6.07) is 0. The van der Waals surface area contributed by atoms with E-state index in [0.29, 0.717) is 37.5 Å². The van der Waals surface area contributed by atoms with Crippen LogP contribution in [0.2, 0.25) is 0 Å². The van der Waals surface area contributed by atoms with E-state index in [2.05, 4.69) is 27.7 Å². The lowest BCUT2D eigenvalue weighted by Gasteiger charge is -2.43. The Morgan fingerprint density at radius 2 is 1.46 bits per heavy atom. The van der Waals surface area contributed by atoms with Crippen molar-refractivity contribution in [2.24, 2.45) is 29.1 Å². The molecule has 3 unspecified atom stereocenters. The first kappa shape index (κ1) is 25.0. The molecule has 4 nitrogen and oxygen atoms in total. The van der Waals surface area contributed by atoms with Gasteiger partial charge in [-0.25, -0.2) is 0 Å². The highest BCUT2D eigenvalue weighted by Gasteiger charge is 2.49. The van der Waals surface area contributed by atoms with Crippen molar-refractivity contribution in [3.8, 4) is 0 Å². The number of carbonyl (C=O) groups is 2. The molecule has 0 aromatic heterocycles. The molecule has 0 radical (unpaired) electrons. The number of aliphatic carboxylic acids is 2. The highest BCUT2D eigenvalue weighted by atomic mass is 16.4. The lowest BCUT2D eigenvalue weighted by Crippen LogP contribution is -2.44. The molecule has 1 fully saturated rings. The molecule has 2 N–H and O–H groups in total. The van der Waals surface area contributed by atoms with E-state index < -0.39 is 17.4 Å². The molecule has 3 atom stereocenters. The monoisotopic (exact) mass is 396 g/mol. The van der Waals surface area contributed by atoms with Crippen molar-refractivity contribution in [3.63, 3.8) is 0 Å². The molecule has 1 aliphatic carbocycles. The van der Waals surface area contributed by atoms with Crippen molar-refractivity contribution in [1.29, 1.82) is 0 Å². The first-order chi connectivity index (χ1) is 13.3. The third kappa shape index (κ3) is 6.77. The topological polar surface area (TPSA) is 74.6 Å². The second-order valence-electron chi connectivity index (χ2n) is 9.16. The van der Waals surface area contributed by atoms with E-state index in [4.69, 9.17) is 0 Å². The van der Waals surface area contributed by atoms with Gasteiger partial charge in [0.25, 0.3) is 0 Å². The van der Waals surface area contributed by atoms with Crippen LogP contribution in [0.25, 0.3) is 0 Å². The van der Waals surface area contributed by atoms with E-state index in [-0.39, 0.29) is 11.8 Å². The molecule has 1 saturated carbocycles. The van der Waals surface area contributed by atoms with Crippen LogP contribution in [0.1, 0.15) is 111 Å². The average molecular weight is 397 g/mol. The van der Waals surface area contributed by atoms with Crippen molar-refractivity contribution in [2.45, 2.75) is 111 Å². The molecule has 1 aliphatic rings. The first-order valence-electron chi connectivity index (χ1n) is 11.8. The van der Waals surface area contributed by atoms with Gasteiger partial charge in [-0.3, -0.25) is 9.59 Å². The van der Waals surface area contributed by atoms with Crippen LogP contribution < -0.4 is 0 Å². The van der Waals surface area contributed by atoms with Crippen LogP contribution in [-0.2, 0) is 9.59 Å². The normalized spacial score (nSPS) is 25.4. The maximum absolute atomic E-state index is 12.4. The third-order valence-electron chi connectivity index (χ3n) is 7.77. The highest BCUT2D eigenvalue weighted by Crippen LogP contribution is 2.50. The van der Waals surface area contributed by atoms with Crippen LogP contribution in [0.5, 0.6) is 0 Å². The summed E-state index contributed by atoms with van der Waals surface area (Å²) in [5.41, 5.74) is -0.716. The number of hydrogen-bond donors (Lipinski definition) is 2. The van der Waals surface area contributed by atoms with Crippen molar-refractivity contribution >= 4 is 11.9 Å². The number of carboxylic acids is 2. The second kappa shape index (κ2) is 12.5. The zero-order valence-electron chi connectivity index (χ0n) is 18.7. The fourth-order valence-corrected chi connectivity index (χ4v) is 5.41. The average Bonchev–Trinajstić information content (AvgIpc) is 2.69. The van der Waals surface area contributed by atoms with Crippen molar-refractivity contribution in [1.82, 2.24) is 0 Å². The minimum Gasteiger partial charge on any atom is -0.481 e. The highest BCUT2D eigenvalue weighted by molar-refractivity contribution is 5.76. The fourth-order valence-electron chi connectivity index (χ4n) is 5.41. The standard InChI is InChI=1S/C24H44O4/c1-5-18(6-2)11-9-13-21-17-20(22(25)26)14-16-24(21,23(27)28)15-10-12-19(7-3)8-4/h18-21H,5-17H2,1-4H3,(H,25,26)(H,27,28). The Morgan fingerprint density at radius 3 is 1.93 bits per heavy atom. The predicted octanol–water partition coefficient (Wildman–Crippen LogP) is 6.77. The van der Waals surface area contributed by atoms with Crippen LogP contribution in [0.4, 0.5) is 0 Å². The van der Waals surface area contributed by atoms with E-state index in [9.17, 15) is 19.8 Å². The zero-order chi connectivity index (χ0) is 21.2. The molecule has 1 rings (SSSR count). The molecule has 0 aromatic carbocycles. The van der Waals surface area contributed by atoms with E-state index in [1.54, 1.807) is 0 Å². The van der Waals surface area contributed by atoms with Crippen molar-refractivity contribution in [3.05, 3.63) is 0 Å². The number of carboxylic acid groups (broad SMARTS) is 2. The predicted molar refractivity (Wildman–Crippen MR) is 114 cm³/mol. The van der Waals surface area contributed by atoms with E-state index in [1.807, 2.05) is 0 Å². The van der Waals surface area contributed by atoms with Gasteiger partial charge in [0.15, 0.2) is 0 Å². The smallest absolute Gasteiger partial charge is 0.309 e. The van der Waals surface area contributed by atoms with Gasteiger partial charge in [-0.05, 0) is 49.9 Å². The maximum Gasteiger partial charge on any atom is 0.309 e. The van der Waals surface area contributed by atoms with E-state index >= 15 is 0 Å². The Hall–Kier alpha value is -1.06. The zero-order valence-corrected chi connectivity index (χ0v) is 18.7. The Labute approximate surface area is 172 Å². The maximum atomic E-state index is 12.4. The molecule has 164 valence electrons. The fraction of sp³-hybridized carbons (Fsp3) is 0.917. The summed E-state index contributed by atoms with van der Waals surface area (Å²) in [5, 5.41) is 19.7. The molecule has 0 saturated heterocycles. The summed E-state index contributed by atoms with van der Waals surface area (Å²) in [5.74, 6) is -0.433. The molecule has 0 bridgehead atoms. The largest absolute Gasteiger partial charge is 0.481 e. The van der Waals surface area contributed by atoms with Crippen LogP contribution in [-0.4, -0.2) is 22.2 Å². The van der Waals surface area contributed by atoms with Crippen LogP contribution >= 0.6 is 0 Å². The van der Waals surface area contributed by atoms with Crippen LogP contribution in [0, 0.1) is 29.1 Å². The summed E-state index contributed by atoms with van der Waals surface area (Å²) in [6.07, 6.45) is 11.9. The van der Waals surface area contributed by atoms with Gasteiger partial charge < -0.3 is 10.2 Å². The summed E-state index contributed by atoms with van der Waals surface area (Å²) < 4.78 is 0. The molecular formula is C24H44O4. The third-order valence-corrected chi connectivity index (χ3v) is 7.77. The molecule has 0 amide bonds. The first-order valence-corrected chi connectivity index (χ1v) is 11.8. The minimum absolute atomic E-state index is 0.00378. The van der Waals surface area contributed by atoms with E-state index in [0.717, 1.165) is 44.9 Å². The van der Waals surface area contributed by atoms with Crippen molar-refractivity contribution < 1.29 is 19.8 Å². The summed E-state index contributed by atoms with van der Waals surface area (Å²) >= 11 is 0. The lowest BCUT2D eigenvalue weighted by molar-refractivity contribution is -0.161. The van der Waals surface area contributed by atoms with Crippen LogP contribution in [0.15, 0.2) is 0 Å². The molecule has 0 spiro atoms. The van der Waals surface area contributed by atoms with Gasteiger partial charge in [0.05, 0.1) is 11.3 Å². The minimum atomic E-state index is -0.749. The van der Waals surface area contributed by atoms with Gasteiger partial charge in [0.1, 0.15) is 0 Å². The van der Waals surface area contributed by atoms with Crippen molar-refractivity contribution in [2.75, 3.05) is 0 Å². The van der Waals surface area contributed by atoms with Gasteiger partial charge in [-0.15, -0.1) is 0 Å². The Kier molecular flexibility index (Phi) is 11.1. The van der Waals surface area contributed by atoms with Gasteiger partial charge in [-0.1, -0.05) is 79.1 Å². The molecule has 4 heteroatoms. The summed E-state index contributed by atoms with van der Waals surface area (Å²) in [6.45, 7) is 8.85. The summed E-state index contributed by atoms with van der Waals surface area (Å²) in [4.78, 5) is 24.0. The second-order valence-corrected chi connectivity index (χ2v) is 9.16. The Bertz CT molecular complexity index is 467. The number of hydrogen-bond acceptors (Lipinski definition) is 2. The quantitative estimate of drug-likeness (QED) is 0.340. The van der Waals surface area contributed by atoms with Gasteiger partial charge >= 0.3 is 11.9 Å². The molecule has 0 aliphatic heterocycles. The summed E-state index contributed by atoms with van der Waals surface area (Å²) in [7, 11) is 0. The Balaban J connectivity index is 2.87. The number of rotatable bonds is 14. The molecule has 0 heterocycles. The lowest BCUT2D eigenvalue weighted by atomic mass is 9.59. The Morgan fingerprint density at radius 1 is 0.929 bits per heavy atom. The van der Waals surface area contributed by atoms with Crippen LogP contribution in [0.3, 0.4) is 0 Å². The molecule has 0 aromatic rings. The SMILES string of the molecule is CCC(CC)CCCC1CC(C(=O)O)CCC1(CCCC(CC)CC)C(=O)O. The van der Waals surface area contributed by atoms with Gasteiger partial charge in [-0.2, -0.15) is 0 Å².